The van der Waals surface area contributed by atoms with Gasteiger partial charge in [0.1, 0.15) is 0 Å². The predicted molar refractivity (Wildman–Crippen MR) is 76.4 cm³/mol. The summed E-state index contributed by atoms with van der Waals surface area (Å²) in [4.78, 5) is 0. The maximum Gasteiger partial charge on any atom is 0.0320 e. The number of hydrogen-bond acceptors (Lipinski definition) is 1. The predicted octanol–water partition coefficient (Wildman–Crippen LogP) is 4.48. The molecule has 0 bridgehead atoms. The number of unbranched alkanes of at least 4 members (excludes halogenated alkanes) is 2. The first-order chi connectivity index (χ1) is 8.31. The van der Waals surface area contributed by atoms with E-state index in [1.165, 1.54) is 36.8 Å². The molecule has 0 heterocycles. The van der Waals surface area contributed by atoms with Crippen molar-refractivity contribution >= 4 is 0 Å². The van der Waals surface area contributed by atoms with E-state index in [0.29, 0.717) is 6.04 Å². The van der Waals surface area contributed by atoms with Gasteiger partial charge in [0.2, 0.25) is 0 Å². The van der Waals surface area contributed by atoms with Gasteiger partial charge in [0.05, 0.1) is 0 Å². The van der Waals surface area contributed by atoms with Crippen LogP contribution in [0.2, 0.25) is 0 Å². The average Bonchev–Trinajstić information content (AvgIpc) is 2.38. The van der Waals surface area contributed by atoms with Crippen LogP contribution in [0.25, 0.3) is 0 Å². The molecule has 1 atom stereocenters. The molecule has 1 aromatic carbocycles. The number of rotatable bonds is 8. The van der Waals surface area contributed by atoms with Gasteiger partial charge in [0.15, 0.2) is 0 Å². The first-order valence-electron chi connectivity index (χ1n) is 7.14. The monoisotopic (exact) mass is 233 g/mol. The molecule has 1 rings (SSSR count). The van der Waals surface area contributed by atoms with Crippen LogP contribution in [0.4, 0.5) is 0 Å². The van der Waals surface area contributed by atoms with Crippen LogP contribution in [0.1, 0.15) is 63.6 Å². The lowest BCUT2D eigenvalue weighted by Gasteiger charge is -2.18. The normalized spacial score (nSPS) is 12.6. The van der Waals surface area contributed by atoms with Crippen molar-refractivity contribution in [3.05, 3.63) is 35.4 Å². The Morgan fingerprint density at radius 2 is 1.71 bits per heavy atom. The van der Waals surface area contributed by atoms with Gasteiger partial charge in [0.25, 0.3) is 0 Å². The lowest BCUT2D eigenvalue weighted by molar-refractivity contribution is 0.486. The minimum atomic E-state index is 0.539. The minimum absolute atomic E-state index is 0.539. The number of benzene rings is 1. The fourth-order valence-corrected chi connectivity index (χ4v) is 2.22. The summed E-state index contributed by atoms with van der Waals surface area (Å²) in [6.45, 7) is 7.70. The van der Waals surface area contributed by atoms with E-state index in [-0.39, 0.29) is 0 Å². The summed E-state index contributed by atoms with van der Waals surface area (Å²) < 4.78 is 0. The molecule has 0 aromatic heterocycles. The molecule has 0 aliphatic carbocycles. The third-order valence-electron chi connectivity index (χ3n) is 3.34. The van der Waals surface area contributed by atoms with Gasteiger partial charge >= 0.3 is 0 Å². The summed E-state index contributed by atoms with van der Waals surface area (Å²) in [6, 6.07) is 9.65. The largest absolute Gasteiger partial charge is 0.310 e. The van der Waals surface area contributed by atoms with Gasteiger partial charge < -0.3 is 5.32 Å². The molecule has 0 amide bonds. The summed E-state index contributed by atoms with van der Waals surface area (Å²) in [5, 5.41) is 3.60. The van der Waals surface area contributed by atoms with E-state index in [2.05, 4.69) is 50.4 Å². The van der Waals surface area contributed by atoms with Gasteiger partial charge in [-0.1, -0.05) is 64.3 Å². The van der Waals surface area contributed by atoms with E-state index in [1.54, 1.807) is 0 Å². The summed E-state index contributed by atoms with van der Waals surface area (Å²) in [6.07, 6.45) is 6.35. The van der Waals surface area contributed by atoms with Crippen LogP contribution in [-0.4, -0.2) is 6.54 Å². The van der Waals surface area contributed by atoms with E-state index in [0.717, 1.165) is 13.0 Å². The van der Waals surface area contributed by atoms with E-state index in [4.69, 9.17) is 0 Å². The molecular weight excluding hydrogens is 206 g/mol. The molecule has 1 heteroatoms. The van der Waals surface area contributed by atoms with Crippen LogP contribution in [0.15, 0.2) is 24.3 Å². The van der Waals surface area contributed by atoms with Crippen molar-refractivity contribution in [3.8, 4) is 0 Å². The van der Waals surface area contributed by atoms with Crippen LogP contribution in [0.3, 0.4) is 0 Å². The molecule has 1 nitrogen and oxygen atoms in total. The first kappa shape index (κ1) is 14.2. The quantitative estimate of drug-likeness (QED) is 0.653. The van der Waals surface area contributed by atoms with E-state index < -0.39 is 0 Å². The van der Waals surface area contributed by atoms with Crippen molar-refractivity contribution in [1.29, 1.82) is 0 Å². The third kappa shape index (κ3) is 4.91. The van der Waals surface area contributed by atoms with Crippen LogP contribution in [-0.2, 0) is 6.42 Å². The second-order valence-electron chi connectivity index (χ2n) is 4.70. The Balaban J connectivity index is 2.60. The highest BCUT2D eigenvalue weighted by molar-refractivity contribution is 5.25. The van der Waals surface area contributed by atoms with Crippen LogP contribution in [0, 0.1) is 0 Å². The van der Waals surface area contributed by atoms with Crippen molar-refractivity contribution in [1.82, 2.24) is 5.32 Å². The van der Waals surface area contributed by atoms with E-state index >= 15 is 0 Å². The highest BCUT2D eigenvalue weighted by Gasteiger charge is 2.09. The highest BCUT2D eigenvalue weighted by atomic mass is 14.9. The SMILES string of the molecule is CCCCCC(NCC)c1ccc(CC)cc1. The smallest absolute Gasteiger partial charge is 0.0320 e. The van der Waals surface area contributed by atoms with Gasteiger partial charge in [-0.25, -0.2) is 0 Å². The van der Waals surface area contributed by atoms with Crippen LogP contribution in [0.5, 0.6) is 0 Å². The number of hydrogen-bond donors (Lipinski definition) is 1. The standard InChI is InChI=1S/C16H27N/c1-4-7-8-9-16(17-6-3)15-12-10-14(5-2)11-13-15/h10-13,16-17H,4-9H2,1-3H3. The molecule has 0 spiro atoms. The minimum Gasteiger partial charge on any atom is -0.310 e. The Morgan fingerprint density at radius 3 is 2.24 bits per heavy atom. The Morgan fingerprint density at radius 1 is 1.00 bits per heavy atom. The molecule has 0 saturated heterocycles. The maximum absolute atomic E-state index is 3.60. The van der Waals surface area contributed by atoms with Crippen LogP contribution >= 0.6 is 0 Å². The molecule has 1 N–H and O–H groups in total. The van der Waals surface area contributed by atoms with Crippen molar-refractivity contribution in [2.75, 3.05) is 6.54 Å². The van der Waals surface area contributed by atoms with Gasteiger partial charge in [0, 0.05) is 6.04 Å². The summed E-state index contributed by atoms with van der Waals surface area (Å²) in [7, 11) is 0. The Kier molecular flexibility index (Phi) is 6.95. The summed E-state index contributed by atoms with van der Waals surface area (Å²) in [5.41, 5.74) is 2.87. The number of aryl methyl sites for hydroxylation is 1. The zero-order chi connectivity index (χ0) is 12.5. The Hall–Kier alpha value is -0.820. The molecular formula is C16H27N. The lowest BCUT2D eigenvalue weighted by Crippen LogP contribution is -2.20. The van der Waals surface area contributed by atoms with E-state index in [9.17, 15) is 0 Å². The fourth-order valence-electron chi connectivity index (χ4n) is 2.22. The molecule has 0 radical (unpaired) electrons. The topological polar surface area (TPSA) is 12.0 Å². The molecule has 96 valence electrons. The van der Waals surface area contributed by atoms with Gasteiger partial charge in [-0.15, -0.1) is 0 Å². The molecule has 1 unspecified atom stereocenters. The Bertz CT molecular complexity index is 289. The molecule has 0 fully saturated rings. The molecule has 0 aliphatic rings. The van der Waals surface area contributed by atoms with Crippen molar-refractivity contribution in [2.24, 2.45) is 0 Å². The van der Waals surface area contributed by atoms with Crippen molar-refractivity contribution in [3.63, 3.8) is 0 Å². The fraction of sp³-hybridized carbons (Fsp3) is 0.625. The molecule has 0 saturated carbocycles. The van der Waals surface area contributed by atoms with Crippen molar-refractivity contribution in [2.45, 2.75) is 58.9 Å². The van der Waals surface area contributed by atoms with Crippen molar-refractivity contribution < 1.29 is 0 Å². The molecule has 0 aliphatic heterocycles. The second-order valence-corrected chi connectivity index (χ2v) is 4.70. The summed E-state index contributed by atoms with van der Waals surface area (Å²) in [5.74, 6) is 0. The van der Waals surface area contributed by atoms with Crippen LogP contribution < -0.4 is 5.32 Å². The first-order valence-corrected chi connectivity index (χ1v) is 7.14. The van der Waals surface area contributed by atoms with E-state index in [1.807, 2.05) is 0 Å². The van der Waals surface area contributed by atoms with Gasteiger partial charge in [-0.3, -0.25) is 0 Å². The lowest BCUT2D eigenvalue weighted by atomic mass is 9.99. The summed E-state index contributed by atoms with van der Waals surface area (Å²) >= 11 is 0. The zero-order valence-electron chi connectivity index (χ0n) is 11.6. The second kappa shape index (κ2) is 8.30. The van der Waals surface area contributed by atoms with Gasteiger partial charge in [-0.2, -0.15) is 0 Å². The third-order valence-corrected chi connectivity index (χ3v) is 3.34. The van der Waals surface area contributed by atoms with Gasteiger partial charge in [-0.05, 0) is 30.5 Å². The molecule has 17 heavy (non-hydrogen) atoms. The highest BCUT2D eigenvalue weighted by Crippen LogP contribution is 2.20. The molecule has 1 aromatic rings. The number of nitrogens with one attached hydrogen (secondary N) is 1. The maximum atomic E-state index is 3.60. The Labute approximate surface area is 107 Å². The average molecular weight is 233 g/mol. The zero-order valence-corrected chi connectivity index (χ0v) is 11.6.